The molecule has 0 aliphatic rings. The lowest BCUT2D eigenvalue weighted by Gasteiger charge is -1.99. The Morgan fingerprint density at radius 2 is 1.89 bits per heavy atom. The van der Waals surface area contributed by atoms with E-state index >= 15 is 0 Å². The van der Waals surface area contributed by atoms with E-state index in [4.69, 9.17) is 5.11 Å². The van der Waals surface area contributed by atoms with Crippen molar-refractivity contribution in [2.45, 2.75) is 6.92 Å². The number of azo groups is 1. The van der Waals surface area contributed by atoms with Gasteiger partial charge in [0.2, 0.25) is 0 Å². The molecule has 1 aromatic heterocycles. The minimum Gasteiger partial charge on any atom is -0.506 e. The van der Waals surface area contributed by atoms with Crippen molar-refractivity contribution >= 4 is 17.5 Å². The molecule has 2 rings (SSSR count). The number of pyridine rings is 1. The van der Waals surface area contributed by atoms with Crippen molar-refractivity contribution < 1.29 is 15.0 Å². The summed E-state index contributed by atoms with van der Waals surface area (Å²) in [5, 5.41) is 26.1. The van der Waals surface area contributed by atoms with E-state index in [-0.39, 0.29) is 17.0 Å². The highest BCUT2D eigenvalue weighted by atomic mass is 16.4. The number of hydrogen-bond acceptors (Lipinski definition) is 5. The molecular formula is C13H11N3O3. The summed E-state index contributed by atoms with van der Waals surface area (Å²) in [6, 6.07) is 9.25. The molecule has 6 heteroatoms. The number of carbonyl (C=O) groups is 1. The summed E-state index contributed by atoms with van der Waals surface area (Å²) >= 11 is 0. The number of carboxylic acids is 1. The Morgan fingerprint density at radius 1 is 1.16 bits per heavy atom. The second kappa shape index (κ2) is 5.26. The minimum absolute atomic E-state index is 0.0711. The van der Waals surface area contributed by atoms with Crippen LogP contribution >= 0.6 is 0 Å². The predicted octanol–water partition coefficient (Wildman–Crippen LogP) is 3.21. The first-order chi connectivity index (χ1) is 9.08. The average molecular weight is 257 g/mol. The zero-order chi connectivity index (χ0) is 13.8. The molecule has 1 heterocycles. The molecule has 0 fully saturated rings. The van der Waals surface area contributed by atoms with E-state index < -0.39 is 5.97 Å². The maximum atomic E-state index is 11.0. The van der Waals surface area contributed by atoms with E-state index in [1.807, 2.05) is 0 Å². The van der Waals surface area contributed by atoms with E-state index in [9.17, 15) is 9.90 Å². The molecule has 19 heavy (non-hydrogen) atoms. The van der Waals surface area contributed by atoms with Gasteiger partial charge in [0.1, 0.15) is 11.4 Å². The molecule has 0 radical (unpaired) electrons. The van der Waals surface area contributed by atoms with E-state index in [0.29, 0.717) is 11.5 Å². The smallest absolute Gasteiger partial charge is 0.337 e. The fourth-order valence-electron chi connectivity index (χ4n) is 1.44. The summed E-state index contributed by atoms with van der Waals surface area (Å²) in [6.45, 7) is 1.64. The van der Waals surface area contributed by atoms with Gasteiger partial charge in [-0.25, -0.2) is 9.78 Å². The summed E-state index contributed by atoms with van der Waals surface area (Å²) in [4.78, 5) is 15.0. The Labute approximate surface area is 109 Å². The third-order valence-corrected chi connectivity index (χ3v) is 2.44. The Kier molecular flexibility index (Phi) is 3.51. The van der Waals surface area contributed by atoms with Crippen molar-refractivity contribution in [1.82, 2.24) is 4.98 Å². The van der Waals surface area contributed by atoms with Crippen LogP contribution in [0.1, 0.15) is 16.1 Å². The van der Waals surface area contributed by atoms with Crippen molar-refractivity contribution in [3.05, 3.63) is 47.7 Å². The Balaban J connectivity index is 2.32. The van der Waals surface area contributed by atoms with Crippen molar-refractivity contribution in [3.63, 3.8) is 0 Å². The van der Waals surface area contributed by atoms with Gasteiger partial charge in [-0.15, -0.1) is 10.2 Å². The lowest BCUT2D eigenvalue weighted by molar-refractivity contribution is 0.0697. The van der Waals surface area contributed by atoms with E-state index in [1.54, 1.807) is 25.1 Å². The lowest BCUT2D eigenvalue weighted by Crippen LogP contribution is -1.95. The highest BCUT2D eigenvalue weighted by molar-refractivity contribution is 5.93. The number of nitrogens with zero attached hydrogens (tertiary/aromatic N) is 3. The number of carboxylic acid groups (broad SMARTS) is 1. The van der Waals surface area contributed by atoms with Crippen molar-refractivity contribution in [1.29, 1.82) is 0 Å². The van der Waals surface area contributed by atoms with Gasteiger partial charge in [-0.3, -0.25) is 0 Å². The standard InChI is InChI=1S/C13H11N3O3/c1-8-11(17)6-7-12(14-8)16-15-10-5-3-2-4-9(10)13(18)19/h2-7,17H,1H3,(H,18,19). The molecule has 0 atom stereocenters. The first-order valence-electron chi connectivity index (χ1n) is 5.48. The lowest BCUT2D eigenvalue weighted by atomic mass is 10.2. The number of benzene rings is 1. The fourth-order valence-corrected chi connectivity index (χ4v) is 1.44. The molecule has 0 aliphatic heterocycles. The minimum atomic E-state index is -1.07. The summed E-state index contributed by atoms with van der Waals surface area (Å²) in [5.74, 6) is -0.690. The average Bonchev–Trinajstić information content (AvgIpc) is 2.40. The van der Waals surface area contributed by atoms with Crippen LogP contribution in [0, 0.1) is 6.92 Å². The summed E-state index contributed by atoms with van der Waals surface area (Å²) in [7, 11) is 0. The summed E-state index contributed by atoms with van der Waals surface area (Å²) in [5.41, 5.74) is 0.757. The normalized spacial score (nSPS) is 10.8. The van der Waals surface area contributed by atoms with Crippen molar-refractivity contribution in [3.8, 4) is 5.75 Å². The van der Waals surface area contributed by atoms with Crippen LogP contribution in [0.2, 0.25) is 0 Å². The molecule has 0 amide bonds. The molecule has 6 nitrogen and oxygen atoms in total. The molecule has 0 saturated heterocycles. The second-order valence-electron chi connectivity index (χ2n) is 3.80. The van der Waals surface area contributed by atoms with Gasteiger partial charge < -0.3 is 10.2 Å². The van der Waals surface area contributed by atoms with Gasteiger partial charge in [0.25, 0.3) is 0 Å². The quantitative estimate of drug-likeness (QED) is 0.825. The van der Waals surface area contributed by atoms with Gasteiger partial charge in [-0.1, -0.05) is 12.1 Å². The number of rotatable bonds is 3. The first-order valence-corrected chi connectivity index (χ1v) is 5.48. The maximum absolute atomic E-state index is 11.0. The van der Waals surface area contributed by atoms with Crippen LogP contribution in [0.3, 0.4) is 0 Å². The van der Waals surface area contributed by atoms with Gasteiger partial charge in [0.15, 0.2) is 5.82 Å². The van der Waals surface area contributed by atoms with Crippen LogP contribution in [0.15, 0.2) is 46.6 Å². The summed E-state index contributed by atoms with van der Waals surface area (Å²) < 4.78 is 0. The van der Waals surface area contributed by atoms with Crippen LogP contribution in [0.4, 0.5) is 11.5 Å². The van der Waals surface area contributed by atoms with Gasteiger partial charge in [-0.2, -0.15) is 0 Å². The first kappa shape index (κ1) is 12.7. The zero-order valence-corrected chi connectivity index (χ0v) is 10.1. The summed E-state index contributed by atoms with van der Waals surface area (Å²) in [6.07, 6.45) is 0. The topological polar surface area (TPSA) is 95.1 Å². The second-order valence-corrected chi connectivity index (χ2v) is 3.80. The highest BCUT2D eigenvalue weighted by Crippen LogP contribution is 2.23. The third kappa shape index (κ3) is 2.92. The van der Waals surface area contributed by atoms with Crippen LogP contribution in [0.25, 0.3) is 0 Å². The van der Waals surface area contributed by atoms with Crippen molar-refractivity contribution in [2.24, 2.45) is 10.2 Å². The van der Waals surface area contributed by atoms with Gasteiger partial charge in [0, 0.05) is 0 Å². The number of aromatic nitrogens is 1. The SMILES string of the molecule is Cc1nc(N=Nc2ccccc2C(=O)O)ccc1O. The molecule has 0 aliphatic carbocycles. The molecule has 96 valence electrons. The van der Waals surface area contributed by atoms with Crippen LogP contribution in [0.5, 0.6) is 5.75 Å². The molecular weight excluding hydrogens is 246 g/mol. The number of hydrogen-bond donors (Lipinski definition) is 2. The molecule has 2 aromatic rings. The van der Waals surface area contributed by atoms with Gasteiger partial charge >= 0.3 is 5.97 Å². The molecule has 0 spiro atoms. The largest absolute Gasteiger partial charge is 0.506 e. The van der Waals surface area contributed by atoms with Crippen LogP contribution in [-0.4, -0.2) is 21.2 Å². The number of aromatic carboxylic acids is 1. The van der Waals surface area contributed by atoms with Crippen molar-refractivity contribution in [2.75, 3.05) is 0 Å². The van der Waals surface area contributed by atoms with E-state index in [2.05, 4.69) is 15.2 Å². The van der Waals surface area contributed by atoms with Gasteiger partial charge in [0.05, 0.1) is 11.3 Å². The number of aromatic hydroxyl groups is 1. The highest BCUT2D eigenvalue weighted by Gasteiger charge is 2.08. The number of aryl methyl sites for hydroxylation is 1. The molecule has 0 saturated carbocycles. The Bertz CT molecular complexity index is 653. The molecule has 2 N–H and O–H groups in total. The molecule has 1 aromatic carbocycles. The van der Waals surface area contributed by atoms with E-state index in [1.165, 1.54) is 18.2 Å². The maximum Gasteiger partial charge on any atom is 0.337 e. The monoisotopic (exact) mass is 257 g/mol. The third-order valence-electron chi connectivity index (χ3n) is 2.44. The fraction of sp³-hybridized carbons (Fsp3) is 0.0769. The predicted molar refractivity (Wildman–Crippen MR) is 68.2 cm³/mol. The molecule has 0 unspecified atom stereocenters. The zero-order valence-electron chi connectivity index (χ0n) is 10.1. The Hall–Kier alpha value is -2.76. The van der Waals surface area contributed by atoms with Crippen LogP contribution in [-0.2, 0) is 0 Å². The molecule has 0 bridgehead atoms. The van der Waals surface area contributed by atoms with E-state index in [0.717, 1.165) is 0 Å². The Morgan fingerprint density at radius 3 is 2.58 bits per heavy atom. The van der Waals surface area contributed by atoms with Crippen LogP contribution < -0.4 is 0 Å². The van der Waals surface area contributed by atoms with Gasteiger partial charge in [-0.05, 0) is 31.2 Å².